The topological polar surface area (TPSA) is 72.2 Å². The van der Waals surface area contributed by atoms with Gasteiger partial charge >= 0.3 is 0 Å². The van der Waals surface area contributed by atoms with Crippen LogP contribution in [0.3, 0.4) is 0 Å². The number of nitro benzene ring substituents is 1. The van der Waals surface area contributed by atoms with E-state index < -0.39 is 0 Å². The molecule has 0 spiro atoms. The van der Waals surface area contributed by atoms with E-state index in [1.165, 1.54) is 17.8 Å². The number of anilines is 1. The third-order valence-corrected chi connectivity index (χ3v) is 10.6. The summed E-state index contributed by atoms with van der Waals surface area (Å²) in [6.45, 7) is 0. The molecule has 1 saturated carbocycles. The van der Waals surface area contributed by atoms with Crippen molar-refractivity contribution >= 4 is 68.1 Å². The van der Waals surface area contributed by atoms with Crippen LogP contribution in [0.4, 0.5) is 11.4 Å². The Morgan fingerprint density at radius 2 is 1.70 bits per heavy atom. The van der Waals surface area contributed by atoms with E-state index in [9.17, 15) is 14.9 Å². The van der Waals surface area contributed by atoms with E-state index in [2.05, 4.69) is 33.4 Å². The molecule has 6 rings (SSSR count). The fraction of sp³-hybridized carbons (Fsp3) is 0.194. The first kappa shape index (κ1) is 27.3. The van der Waals surface area contributed by atoms with Crippen LogP contribution >= 0.6 is 50.9 Å². The van der Waals surface area contributed by atoms with E-state index in [0.717, 1.165) is 27.7 Å². The number of nitrogens with zero attached hydrogens (tertiary/aromatic N) is 1. The molecule has 0 radical (unpaired) electrons. The van der Waals surface area contributed by atoms with Gasteiger partial charge in [0, 0.05) is 43.5 Å². The van der Waals surface area contributed by atoms with Gasteiger partial charge in [0.1, 0.15) is 0 Å². The van der Waals surface area contributed by atoms with Crippen molar-refractivity contribution in [1.82, 2.24) is 0 Å². The summed E-state index contributed by atoms with van der Waals surface area (Å²) in [5.74, 6) is -0.155. The van der Waals surface area contributed by atoms with Crippen LogP contribution in [0.25, 0.3) is 0 Å². The van der Waals surface area contributed by atoms with Crippen LogP contribution in [0.15, 0.2) is 100 Å². The summed E-state index contributed by atoms with van der Waals surface area (Å²) in [5.41, 5.74) is 3.90. The number of nitrogens with one attached hydrogen (secondary N) is 1. The summed E-state index contributed by atoms with van der Waals surface area (Å²) in [6.07, 6.45) is 0.733. The van der Waals surface area contributed by atoms with E-state index in [-0.39, 0.29) is 44.9 Å². The van der Waals surface area contributed by atoms with Gasteiger partial charge in [0.2, 0.25) is 0 Å². The molecule has 1 aliphatic heterocycles. The summed E-state index contributed by atoms with van der Waals surface area (Å²) in [7, 11) is 0. The third-order valence-electron chi connectivity index (χ3n) is 7.73. The normalized spacial score (nSPS) is 23.1. The fourth-order valence-electron chi connectivity index (χ4n) is 5.98. The molecule has 0 saturated heterocycles. The minimum absolute atomic E-state index is 0.0769. The number of para-hydroxylation sites is 1. The average Bonchev–Trinajstić information content (AvgIpc) is 3.29. The standard InChI is InChI=1S/C31H23BrCl2N2O3S/c32-19-12-10-17(11-13-19)29-22-16-26(40-25-9-5-4-8-24(25)36(38)39)28(34)27(22)21-14-20(33)15-23(30(21)35-29)31(37)18-6-2-1-3-7-18/h1-15,22,26-29,35H,16H2/t22-,26+,27-,28-,29-/m1/s1. The lowest BCUT2D eigenvalue weighted by Gasteiger charge is -2.39. The molecule has 0 aromatic heterocycles. The Hall–Kier alpha value is -2.84. The van der Waals surface area contributed by atoms with Gasteiger partial charge in [-0.1, -0.05) is 82.1 Å². The Labute approximate surface area is 254 Å². The summed E-state index contributed by atoms with van der Waals surface area (Å²) >= 11 is 18.9. The lowest BCUT2D eigenvalue weighted by atomic mass is 9.76. The van der Waals surface area contributed by atoms with Crippen LogP contribution in [-0.2, 0) is 0 Å². The third kappa shape index (κ3) is 5.05. The molecular weight excluding hydrogens is 631 g/mol. The molecule has 2 aliphatic rings. The molecule has 1 heterocycles. The number of hydrogen-bond acceptors (Lipinski definition) is 5. The highest BCUT2D eigenvalue weighted by atomic mass is 79.9. The Morgan fingerprint density at radius 3 is 2.42 bits per heavy atom. The Balaban J connectivity index is 1.46. The van der Waals surface area contributed by atoms with Crippen molar-refractivity contribution in [3.05, 3.63) is 133 Å². The van der Waals surface area contributed by atoms with Crippen molar-refractivity contribution < 1.29 is 9.72 Å². The molecule has 9 heteroatoms. The highest BCUT2D eigenvalue weighted by molar-refractivity contribution is 9.10. The fourth-order valence-corrected chi connectivity index (χ4v) is 8.42. The first-order valence-electron chi connectivity index (χ1n) is 12.8. The predicted octanol–water partition coefficient (Wildman–Crippen LogP) is 9.28. The maximum absolute atomic E-state index is 13.7. The van der Waals surface area contributed by atoms with Gasteiger partial charge in [-0.3, -0.25) is 14.9 Å². The molecular formula is C31H23BrCl2N2O3S. The number of fused-ring (bicyclic) bond motifs is 3. The van der Waals surface area contributed by atoms with Crippen molar-refractivity contribution in [3.63, 3.8) is 0 Å². The second-order valence-electron chi connectivity index (χ2n) is 10.0. The minimum Gasteiger partial charge on any atom is -0.377 e. The summed E-state index contributed by atoms with van der Waals surface area (Å²) in [5, 5.41) is 15.5. The molecule has 0 amide bonds. The Bertz CT molecular complexity index is 1600. The van der Waals surface area contributed by atoms with Gasteiger partial charge in [-0.15, -0.1) is 23.4 Å². The average molecular weight is 654 g/mol. The molecule has 5 nitrogen and oxygen atoms in total. The molecule has 202 valence electrons. The smallest absolute Gasteiger partial charge is 0.282 e. The summed E-state index contributed by atoms with van der Waals surface area (Å²) in [6, 6.07) is 27.6. The molecule has 0 unspecified atom stereocenters. The van der Waals surface area contributed by atoms with Crippen molar-refractivity contribution in [1.29, 1.82) is 0 Å². The minimum atomic E-state index is -0.351. The second kappa shape index (κ2) is 11.2. The highest BCUT2D eigenvalue weighted by Crippen LogP contribution is 2.59. The summed E-state index contributed by atoms with van der Waals surface area (Å²) < 4.78 is 0.974. The van der Waals surface area contributed by atoms with Crippen molar-refractivity contribution in [2.75, 3.05) is 5.32 Å². The van der Waals surface area contributed by atoms with E-state index in [4.69, 9.17) is 23.2 Å². The lowest BCUT2D eigenvalue weighted by molar-refractivity contribution is -0.387. The maximum atomic E-state index is 13.7. The zero-order chi connectivity index (χ0) is 28.0. The zero-order valence-corrected chi connectivity index (χ0v) is 24.9. The number of hydrogen-bond donors (Lipinski definition) is 1. The number of alkyl halides is 1. The van der Waals surface area contributed by atoms with Gasteiger partial charge in [0.15, 0.2) is 5.78 Å². The van der Waals surface area contributed by atoms with Gasteiger partial charge < -0.3 is 5.32 Å². The number of benzene rings is 4. The first-order chi connectivity index (χ1) is 19.3. The number of carbonyl (C=O) groups is 1. The number of thioether (sulfide) groups is 1. The number of carbonyl (C=O) groups excluding carboxylic acids is 1. The van der Waals surface area contributed by atoms with Gasteiger partial charge in [0.05, 0.1) is 21.2 Å². The predicted molar refractivity (Wildman–Crippen MR) is 165 cm³/mol. The molecule has 0 bridgehead atoms. The zero-order valence-electron chi connectivity index (χ0n) is 21.0. The number of ketones is 1. The number of nitro groups is 1. The van der Waals surface area contributed by atoms with E-state index in [1.54, 1.807) is 30.3 Å². The van der Waals surface area contributed by atoms with Gasteiger partial charge in [-0.25, -0.2) is 0 Å². The van der Waals surface area contributed by atoms with Crippen LogP contribution in [0.5, 0.6) is 0 Å². The monoisotopic (exact) mass is 652 g/mol. The molecule has 1 fully saturated rings. The SMILES string of the molecule is O=C(c1ccccc1)c1cc(Cl)cc2c1N[C@H](c1ccc(Br)cc1)[C@@H]1C[C@H](Sc3ccccc3[N+](=O)[O-])[C@@H](Cl)[C@H]21. The van der Waals surface area contributed by atoms with Gasteiger partial charge in [-0.2, -0.15) is 0 Å². The van der Waals surface area contributed by atoms with Crippen molar-refractivity contribution in [3.8, 4) is 0 Å². The quantitative estimate of drug-likeness (QED) is 0.0972. The number of halogens is 3. The highest BCUT2D eigenvalue weighted by Gasteiger charge is 2.51. The Morgan fingerprint density at radius 1 is 1.00 bits per heavy atom. The molecule has 1 aliphatic carbocycles. The van der Waals surface area contributed by atoms with E-state index in [1.807, 2.05) is 42.5 Å². The first-order valence-corrected chi connectivity index (χ1v) is 15.3. The summed E-state index contributed by atoms with van der Waals surface area (Å²) in [4.78, 5) is 25.7. The second-order valence-corrected chi connectivity index (χ2v) is 13.2. The van der Waals surface area contributed by atoms with Crippen molar-refractivity contribution in [2.24, 2.45) is 5.92 Å². The van der Waals surface area contributed by atoms with Crippen LogP contribution in [0, 0.1) is 16.0 Å². The van der Waals surface area contributed by atoms with Crippen LogP contribution in [-0.4, -0.2) is 21.3 Å². The van der Waals surface area contributed by atoms with Crippen LogP contribution in [0.2, 0.25) is 5.02 Å². The lowest BCUT2D eigenvalue weighted by Crippen LogP contribution is -2.32. The van der Waals surface area contributed by atoms with E-state index >= 15 is 0 Å². The molecule has 4 aromatic carbocycles. The van der Waals surface area contributed by atoms with E-state index in [0.29, 0.717) is 21.0 Å². The van der Waals surface area contributed by atoms with Gasteiger partial charge in [-0.05, 0) is 53.8 Å². The van der Waals surface area contributed by atoms with Crippen LogP contribution < -0.4 is 5.32 Å². The van der Waals surface area contributed by atoms with Gasteiger partial charge in [0.25, 0.3) is 5.69 Å². The molecule has 40 heavy (non-hydrogen) atoms. The maximum Gasteiger partial charge on any atom is 0.282 e. The largest absolute Gasteiger partial charge is 0.377 e. The van der Waals surface area contributed by atoms with Crippen LogP contribution in [0.1, 0.15) is 45.4 Å². The van der Waals surface area contributed by atoms with Crippen molar-refractivity contribution in [2.45, 2.75) is 33.9 Å². The Kier molecular flexibility index (Phi) is 7.66. The number of rotatable bonds is 6. The molecule has 4 aromatic rings. The molecule has 5 atom stereocenters. The molecule has 1 N–H and O–H groups in total.